The first kappa shape index (κ1) is 16.0. The molecule has 1 saturated carbocycles. The average Bonchev–Trinajstić information content (AvgIpc) is 2.48. The first-order chi connectivity index (χ1) is 10.9. The molecule has 122 valence electrons. The molecule has 0 amide bonds. The van der Waals surface area contributed by atoms with Gasteiger partial charge in [0.25, 0.3) is 0 Å². The maximum atomic E-state index is 11.4. The summed E-state index contributed by atoms with van der Waals surface area (Å²) < 4.78 is 0.622. The number of anilines is 1. The molecular formula is C15H18IN5O2. The number of guanidine groups is 2. The van der Waals surface area contributed by atoms with Crippen LogP contribution in [0.2, 0.25) is 0 Å². The summed E-state index contributed by atoms with van der Waals surface area (Å²) in [4.78, 5) is 22.0. The summed E-state index contributed by atoms with van der Waals surface area (Å²) in [5.74, 6) is -0.519. The van der Waals surface area contributed by atoms with Gasteiger partial charge < -0.3 is 16.6 Å². The van der Waals surface area contributed by atoms with Gasteiger partial charge in [0.1, 0.15) is 5.66 Å². The molecule has 0 bridgehead atoms. The zero-order valence-electron chi connectivity index (χ0n) is 12.5. The maximum absolute atomic E-state index is 11.4. The minimum atomic E-state index is -0.968. The Labute approximate surface area is 147 Å². The number of nitrogens with zero attached hydrogens (tertiary/aromatic N) is 3. The van der Waals surface area contributed by atoms with Gasteiger partial charge in [-0.25, -0.2) is 9.79 Å². The Hall–Kier alpha value is -1.84. The van der Waals surface area contributed by atoms with Gasteiger partial charge in [-0.1, -0.05) is 12.5 Å². The van der Waals surface area contributed by atoms with Gasteiger partial charge >= 0.3 is 5.97 Å². The van der Waals surface area contributed by atoms with E-state index >= 15 is 0 Å². The van der Waals surface area contributed by atoms with Crippen LogP contribution in [0.3, 0.4) is 0 Å². The smallest absolute Gasteiger partial charge is 0.336 e. The number of benzene rings is 1. The molecule has 5 N–H and O–H groups in total. The van der Waals surface area contributed by atoms with E-state index in [1.54, 1.807) is 12.1 Å². The summed E-state index contributed by atoms with van der Waals surface area (Å²) in [7, 11) is 0. The Morgan fingerprint density at radius 3 is 2.61 bits per heavy atom. The Morgan fingerprint density at radius 2 is 1.96 bits per heavy atom. The van der Waals surface area contributed by atoms with Crippen molar-refractivity contribution in [1.29, 1.82) is 0 Å². The zero-order chi connectivity index (χ0) is 16.6. The first-order valence-corrected chi connectivity index (χ1v) is 8.54. The van der Waals surface area contributed by atoms with Gasteiger partial charge in [0.05, 0.1) is 14.8 Å². The number of hydrogen-bond donors (Lipinski definition) is 3. The van der Waals surface area contributed by atoms with Crippen molar-refractivity contribution in [3.63, 3.8) is 0 Å². The van der Waals surface area contributed by atoms with Gasteiger partial charge in [0, 0.05) is 0 Å². The minimum absolute atomic E-state index is 0.185. The third-order valence-electron chi connectivity index (χ3n) is 4.30. The molecule has 1 heterocycles. The van der Waals surface area contributed by atoms with Gasteiger partial charge in [-0.15, -0.1) is 0 Å². The molecule has 1 spiro atoms. The number of aliphatic imine (C=N–C) groups is 2. The molecule has 1 aromatic rings. The molecule has 0 atom stereocenters. The third kappa shape index (κ3) is 2.75. The van der Waals surface area contributed by atoms with E-state index in [-0.39, 0.29) is 17.5 Å². The molecule has 23 heavy (non-hydrogen) atoms. The minimum Gasteiger partial charge on any atom is -0.478 e. The second kappa shape index (κ2) is 5.99. The van der Waals surface area contributed by atoms with E-state index in [1.807, 2.05) is 33.6 Å². The fraction of sp³-hybridized carbons (Fsp3) is 0.400. The van der Waals surface area contributed by atoms with E-state index < -0.39 is 11.6 Å². The molecule has 8 heteroatoms. The molecule has 0 saturated heterocycles. The summed E-state index contributed by atoms with van der Waals surface area (Å²) in [6.07, 6.45) is 4.83. The fourth-order valence-electron chi connectivity index (χ4n) is 3.33. The van der Waals surface area contributed by atoms with Gasteiger partial charge in [0.15, 0.2) is 0 Å². The second-order valence-electron chi connectivity index (χ2n) is 5.76. The van der Waals surface area contributed by atoms with Crippen molar-refractivity contribution in [1.82, 2.24) is 0 Å². The zero-order valence-corrected chi connectivity index (χ0v) is 14.7. The summed E-state index contributed by atoms with van der Waals surface area (Å²) in [5.41, 5.74) is 12.4. The van der Waals surface area contributed by atoms with E-state index in [2.05, 4.69) is 9.98 Å². The van der Waals surface area contributed by atoms with Crippen LogP contribution < -0.4 is 16.4 Å². The number of carbonyl (C=O) groups is 1. The lowest BCUT2D eigenvalue weighted by Gasteiger charge is -2.46. The molecule has 0 unspecified atom stereocenters. The Morgan fingerprint density at radius 1 is 1.26 bits per heavy atom. The molecule has 1 aliphatic heterocycles. The lowest BCUT2D eigenvalue weighted by atomic mass is 9.87. The Balaban J connectivity index is 2.15. The van der Waals surface area contributed by atoms with E-state index in [0.29, 0.717) is 9.26 Å². The van der Waals surface area contributed by atoms with Gasteiger partial charge in [-0.3, -0.25) is 4.90 Å². The number of hydrogen-bond acceptors (Lipinski definition) is 6. The molecule has 0 radical (unpaired) electrons. The summed E-state index contributed by atoms with van der Waals surface area (Å²) in [6.45, 7) is 0. The molecule has 0 aromatic heterocycles. The normalized spacial score (nSPS) is 20.1. The van der Waals surface area contributed by atoms with Gasteiger partial charge in [-0.05, 0) is 60.4 Å². The van der Waals surface area contributed by atoms with Crippen LogP contribution in [0, 0.1) is 3.57 Å². The predicted octanol–water partition coefficient (Wildman–Crippen LogP) is 2.10. The number of aromatic carboxylic acids is 1. The average molecular weight is 427 g/mol. The SMILES string of the molecule is NC1=NC2(CCCCC2)N(c2cccc(C(=O)O)c2I)C(N)=N1. The molecule has 1 aliphatic carbocycles. The number of carboxylic acids is 1. The highest BCUT2D eigenvalue weighted by Crippen LogP contribution is 2.41. The monoisotopic (exact) mass is 427 g/mol. The quantitative estimate of drug-likeness (QED) is 0.625. The highest BCUT2D eigenvalue weighted by molar-refractivity contribution is 14.1. The number of rotatable bonds is 2. The van der Waals surface area contributed by atoms with E-state index in [1.165, 1.54) is 0 Å². The largest absolute Gasteiger partial charge is 0.478 e. The Bertz CT molecular complexity index is 710. The fourth-order valence-corrected chi connectivity index (χ4v) is 4.16. The van der Waals surface area contributed by atoms with Gasteiger partial charge in [0.2, 0.25) is 11.9 Å². The van der Waals surface area contributed by atoms with E-state index in [4.69, 9.17) is 11.5 Å². The van der Waals surface area contributed by atoms with Crippen LogP contribution in [0.5, 0.6) is 0 Å². The highest BCUT2D eigenvalue weighted by atomic mass is 127. The lowest BCUT2D eigenvalue weighted by Crippen LogP contribution is -2.58. The topological polar surface area (TPSA) is 117 Å². The van der Waals surface area contributed by atoms with Gasteiger partial charge in [-0.2, -0.15) is 4.99 Å². The third-order valence-corrected chi connectivity index (χ3v) is 5.43. The van der Waals surface area contributed by atoms with Crippen LogP contribution in [0.25, 0.3) is 0 Å². The van der Waals surface area contributed by atoms with Crippen molar-refractivity contribution in [2.45, 2.75) is 37.8 Å². The van der Waals surface area contributed by atoms with E-state index in [0.717, 1.165) is 32.1 Å². The molecule has 7 nitrogen and oxygen atoms in total. The Kier molecular flexibility index (Phi) is 4.17. The first-order valence-electron chi connectivity index (χ1n) is 7.46. The predicted molar refractivity (Wildman–Crippen MR) is 97.7 cm³/mol. The van der Waals surface area contributed by atoms with Crippen molar-refractivity contribution >= 4 is 46.2 Å². The molecule has 2 aliphatic rings. The second-order valence-corrected chi connectivity index (χ2v) is 6.84. The van der Waals surface area contributed by atoms with Crippen LogP contribution in [-0.4, -0.2) is 28.7 Å². The number of nitrogens with two attached hydrogens (primary N) is 2. The maximum Gasteiger partial charge on any atom is 0.336 e. The van der Waals surface area contributed by atoms with Crippen molar-refractivity contribution < 1.29 is 9.90 Å². The molecule has 1 aromatic carbocycles. The van der Waals surface area contributed by atoms with Crippen molar-refractivity contribution in [2.75, 3.05) is 4.90 Å². The standard InChI is InChI=1S/C15H18IN5O2/c16-11-9(12(22)23)5-4-6-10(11)21-14(18)19-13(17)20-15(21)7-2-1-3-8-15/h4-6H,1-3,7-8H2,(H,22,23)(H4,17,18,19,20). The lowest BCUT2D eigenvalue weighted by molar-refractivity contribution is 0.0695. The van der Waals surface area contributed by atoms with Crippen LogP contribution in [-0.2, 0) is 0 Å². The van der Waals surface area contributed by atoms with Crippen molar-refractivity contribution in [3.8, 4) is 0 Å². The summed E-state index contributed by atoms with van der Waals surface area (Å²) in [6, 6.07) is 5.15. The number of halogens is 1. The van der Waals surface area contributed by atoms with Crippen molar-refractivity contribution in [3.05, 3.63) is 27.3 Å². The number of carboxylic acid groups (broad SMARTS) is 1. The molecular weight excluding hydrogens is 409 g/mol. The van der Waals surface area contributed by atoms with Crippen LogP contribution in [0.1, 0.15) is 42.5 Å². The van der Waals surface area contributed by atoms with Crippen LogP contribution in [0.15, 0.2) is 28.2 Å². The van der Waals surface area contributed by atoms with Crippen molar-refractivity contribution in [2.24, 2.45) is 21.5 Å². The van der Waals surface area contributed by atoms with Crippen LogP contribution >= 0.6 is 22.6 Å². The highest BCUT2D eigenvalue weighted by Gasteiger charge is 2.43. The van der Waals surface area contributed by atoms with Crippen LogP contribution in [0.4, 0.5) is 5.69 Å². The molecule has 3 rings (SSSR count). The van der Waals surface area contributed by atoms with E-state index in [9.17, 15) is 9.90 Å². The molecule has 1 fully saturated rings. The summed E-state index contributed by atoms with van der Waals surface area (Å²) >= 11 is 2.04. The summed E-state index contributed by atoms with van der Waals surface area (Å²) in [5, 5.41) is 9.37.